The van der Waals surface area contributed by atoms with Crippen molar-refractivity contribution in [3.05, 3.63) is 65.5 Å². The molecule has 2 aromatic carbocycles. The van der Waals surface area contributed by atoms with Gasteiger partial charge in [0.2, 0.25) is 0 Å². The van der Waals surface area contributed by atoms with Gasteiger partial charge in [-0.1, -0.05) is 48.0 Å². The zero-order chi connectivity index (χ0) is 18.4. The number of carbonyl (C=O) groups is 1. The molecule has 132 valence electrons. The van der Waals surface area contributed by atoms with Crippen LogP contribution in [0.25, 0.3) is 11.3 Å². The van der Waals surface area contributed by atoms with Crippen LogP contribution in [0.5, 0.6) is 5.75 Å². The van der Waals surface area contributed by atoms with Crippen LogP contribution >= 0.6 is 23.6 Å². The molecule has 0 saturated carbocycles. The third-order valence-corrected chi connectivity index (χ3v) is 4.40. The van der Waals surface area contributed by atoms with Gasteiger partial charge in [-0.15, -0.1) is 11.3 Å². The lowest BCUT2D eigenvalue weighted by Gasteiger charge is -2.09. The fourth-order valence-corrected chi connectivity index (χ4v) is 3.15. The number of nitrogens with zero attached hydrogens (tertiary/aromatic N) is 1. The van der Waals surface area contributed by atoms with Crippen molar-refractivity contribution in [1.29, 1.82) is 0 Å². The molecule has 1 aromatic heterocycles. The standard InChI is InChI=1S/C19H17N3O2S2/c1-13-7-9-15(10-8-13)24-11-17(23)21-18(25)22-19-20-16(12-26-19)14-5-3-2-4-6-14/h2-10,12H,11H2,1H3,(H2,20,21,22,23,25). The van der Waals surface area contributed by atoms with Gasteiger partial charge in [-0.2, -0.15) is 0 Å². The van der Waals surface area contributed by atoms with Crippen molar-refractivity contribution in [2.75, 3.05) is 11.9 Å². The van der Waals surface area contributed by atoms with Gasteiger partial charge in [-0.3, -0.25) is 10.1 Å². The number of thiazole rings is 1. The monoisotopic (exact) mass is 383 g/mol. The summed E-state index contributed by atoms with van der Waals surface area (Å²) in [5.74, 6) is 0.306. The minimum atomic E-state index is -0.331. The Morgan fingerprint density at radius 3 is 2.62 bits per heavy atom. The van der Waals surface area contributed by atoms with Crippen molar-refractivity contribution in [2.45, 2.75) is 6.92 Å². The highest BCUT2D eigenvalue weighted by atomic mass is 32.1. The summed E-state index contributed by atoms with van der Waals surface area (Å²) < 4.78 is 5.42. The molecule has 0 aliphatic heterocycles. The molecule has 0 bridgehead atoms. The Balaban J connectivity index is 1.48. The first kappa shape index (κ1) is 18.0. The number of rotatable bonds is 5. The first-order valence-electron chi connectivity index (χ1n) is 7.91. The van der Waals surface area contributed by atoms with Gasteiger partial charge < -0.3 is 10.1 Å². The molecule has 7 heteroatoms. The molecular formula is C19H17N3O2S2. The van der Waals surface area contributed by atoms with Crippen molar-refractivity contribution < 1.29 is 9.53 Å². The van der Waals surface area contributed by atoms with Crippen LogP contribution in [-0.2, 0) is 4.79 Å². The molecule has 3 rings (SSSR count). The van der Waals surface area contributed by atoms with Gasteiger partial charge >= 0.3 is 0 Å². The zero-order valence-electron chi connectivity index (χ0n) is 14.1. The third-order valence-electron chi connectivity index (χ3n) is 3.44. The molecule has 3 aromatic rings. The maximum Gasteiger partial charge on any atom is 0.264 e. The van der Waals surface area contributed by atoms with Crippen LogP contribution in [0.1, 0.15) is 5.56 Å². The SMILES string of the molecule is Cc1ccc(OCC(=O)NC(=S)Nc2nc(-c3ccccc3)cs2)cc1. The van der Waals surface area contributed by atoms with Crippen molar-refractivity contribution in [3.8, 4) is 17.0 Å². The average molecular weight is 383 g/mol. The number of benzene rings is 2. The Morgan fingerprint density at radius 2 is 1.88 bits per heavy atom. The van der Waals surface area contributed by atoms with E-state index in [1.54, 1.807) is 0 Å². The number of hydrogen-bond acceptors (Lipinski definition) is 5. The lowest BCUT2D eigenvalue weighted by atomic mass is 10.2. The molecule has 0 atom stereocenters. The minimum Gasteiger partial charge on any atom is -0.484 e. The van der Waals surface area contributed by atoms with Crippen molar-refractivity contribution in [3.63, 3.8) is 0 Å². The molecule has 0 saturated heterocycles. The molecule has 1 heterocycles. The minimum absolute atomic E-state index is 0.113. The van der Waals surface area contributed by atoms with Crippen molar-refractivity contribution in [1.82, 2.24) is 10.3 Å². The first-order chi connectivity index (χ1) is 12.6. The summed E-state index contributed by atoms with van der Waals surface area (Å²) in [6.07, 6.45) is 0. The van der Waals surface area contributed by atoms with Crippen LogP contribution in [0, 0.1) is 6.92 Å². The average Bonchev–Trinajstić information content (AvgIpc) is 3.10. The smallest absolute Gasteiger partial charge is 0.264 e. The van der Waals surface area contributed by atoms with Crippen LogP contribution in [0.3, 0.4) is 0 Å². The summed E-state index contributed by atoms with van der Waals surface area (Å²) >= 11 is 6.57. The predicted octanol–water partition coefficient (Wildman–Crippen LogP) is 4.01. The van der Waals surface area contributed by atoms with E-state index in [9.17, 15) is 4.79 Å². The van der Waals surface area contributed by atoms with Gasteiger partial charge in [-0.25, -0.2) is 4.98 Å². The predicted molar refractivity (Wildman–Crippen MR) is 109 cm³/mol. The Bertz CT molecular complexity index is 893. The number of aromatic nitrogens is 1. The summed E-state index contributed by atoms with van der Waals surface area (Å²) in [6, 6.07) is 17.3. The van der Waals surface area contributed by atoms with Crippen LogP contribution in [-0.4, -0.2) is 22.6 Å². The number of hydrogen-bond donors (Lipinski definition) is 2. The lowest BCUT2D eigenvalue weighted by Crippen LogP contribution is -2.37. The molecule has 26 heavy (non-hydrogen) atoms. The van der Waals surface area contributed by atoms with E-state index in [0.29, 0.717) is 10.9 Å². The normalized spacial score (nSPS) is 10.2. The Hall–Kier alpha value is -2.77. The molecular weight excluding hydrogens is 366 g/mol. The summed E-state index contributed by atoms with van der Waals surface area (Å²) in [7, 11) is 0. The van der Waals surface area contributed by atoms with Crippen molar-refractivity contribution in [2.24, 2.45) is 0 Å². The Kier molecular flexibility index (Phi) is 5.93. The van der Waals surface area contributed by atoms with Crippen molar-refractivity contribution >= 4 is 39.7 Å². The molecule has 0 fully saturated rings. The highest BCUT2D eigenvalue weighted by Gasteiger charge is 2.09. The van der Waals surface area contributed by atoms with Crippen LogP contribution in [0.4, 0.5) is 5.13 Å². The van der Waals surface area contributed by atoms with E-state index >= 15 is 0 Å². The first-order valence-corrected chi connectivity index (χ1v) is 9.20. The maximum atomic E-state index is 11.9. The fourth-order valence-electron chi connectivity index (χ4n) is 2.15. The fraction of sp³-hybridized carbons (Fsp3) is 0.105. The van der Waals surface area contributed by atoms with Crippen LogP contribution in [0.2, 0.25) is 0 Å². The zero-order valence-corrected chi connectivity index (χ0v) is 15.7. The Labute approximate surface area is 161 Å². The van der Waals surface area contributed by atoms with Crippen LogP contribution in [0.15, 0.2) is 60.0 Å². The number of ether oxygens (including phenoxy) is 1. The number of thiocarbonyl (C=S) groups is 1. The quantitative estimate of drug-likeness (QED) is 0.652. The largest absolute Gasteiger partial charge is 0.484 e. The number of anilines is 1. The van der Waals surface area contributed by atoms with E-state index in [0.717, 1.165) is 16.8 Å². The molecule has 1 amide bonds. The summed E-state index contributed by atoms with van der Waals surface area (Å²) in [5.41, 5.74) is 3.01. The van der Waals surface area contributed by atoms with E-state index in [1.807, 2.05) is 66.9 Å². The number of aryl methyl sites for hydroxylation is 1. The molecule has 0 aliphatic rings. The van der Waals surface area contributed by atoms with E-state index in [-0.39, 0.29) is 17.6 Å². The van der Waals surface area contributed by atoms with Gasteiger partial charge in [-0.05, 0) is 31.3 Å². The molecule has 0 spiro atoms. The highest BCUT2D eigenvalue weighted by molar-refractivity contribution is 7.80. The number of nitrogens with one attached hydrogen (secondary N) is 2. The van der Waals surface area contributed by atoms with Gasteiger partial charge in [0.05, 0.1) is 5.69 Å². The summed E-state index contributed by atoms with van der Waals surface area (Å²) in [4.78, 5) is 16.4. The number of amides is 1. The van der Waals surface area contributed by atoms with Gasteiger partial charge in [0.15, 0.2) is 16.9 Å². The Morgan fingerprint density at radius 1 is 1.15 bits per heavy atom. The van der Waals surface area contributed by atoms with E-state index in [2.05, 4.69) is 15.6 Å². The molecule has 2 N–H and O–H groups in total. The van der Waals surface area contributed by atoms with Gasteiger partial charge in [0.25, 0.3) is 5.91 Å². The second-order valence-corrected chi connectivity index (χ2v) is 6.77. The topological polar surface area (TPSA) is 63.2 Å². The second kappa shape index (κ2) is 8.55. The maximum absolute atomic E-state index is 11.9. The highest BCUT2D eigenvalue weighted by Crippen LogP contribution is 2.24. The van der Waals surface area contributed by atoms with E-state index < -0.39 is 0 Å². The summed E-state index contributed by atoms with van der Waals surface area (Å²) in [6.45, 7) is 1.88. The summed E-state index contributed by atoms with van der Waals surface area (Å²) in [5, 5.41) is 8.25. The third kappa shape index (κ3) is 5.11. The van der Waals surface area contributed by atoms with Gasteiger partial charge in [0, 0.05) is 10.9 Å². The second-order valence-electron chi connectivity index (χ2n) is 5.51. The molecule has 0 unspecified atom stereocenters. The molecule has 5 nitrogen and oxygen atoms in total. The van der Waals surface area contributed by atoms with E-state index in [4.69, 9.17) is 17.0 Å². The number of carbonyl (C=O) groups excluding carboxylic acids is 1. The molecule has 0 aliphatic carbocycles. The van der Waals surface area contributed by atoms with Crippen LogP contribution < -0.4 is 15.4 Å². The lowest BCUT2D eigenvalue weighted by molar-refractivity contribution is -0.121. The molecule has 0 radical (unpaired) electrons. The van der Waals surface area contributed by atoms with Gasteiger partial charge in [0.1, 0.15) is 5.75 Å². The van der Waals surface area contributed by atoms with E-state index in [1.165, 1.54) is 11.3 Å².